The molecule has 1 aromatic heterocycles. The van der Waals surface area contributed by atoms with Crippen LogP contribution in [-0.4, -0.2) is 40.9 Å². The highest BCUT2D eigenvalue weighted by Gasteiger charge is 2.24. The Morgan fingerprint density at radius 3 is 2.37 bits per heavy atom. The van der Waals surface area contributed by atoms with Gasteiger partial charge in [0.1, 0.15) is 6.04 Å². The Balaban J connectivity index is 2.91. The SMILES string of the molecule is CC(C)c1ccnc(NC(C(=O)N(C)C)C(C)C)n1. The van der Waals surface area contributed by atoms with Crippen LogP contribution in [0.15, 0.2) is 12.3 Å². The monoisotopic (exact) mass is 264 g/mol. The topological polar surface area (TPSA) is 58.1 Å². The molecule has 1 heterocycles. The normalized spacial score (nSPS) is 12.6. The number of nitrogens with zero attached hydrogens (tertiary/aromatic N) is 3. The van der Waals surface area contributed by atoms with Crippen molar-refractivity contribution in [1.82, 2.24) is 14.9 Å². The average molecular weight is 264 g/mol. The number of amides is 1. The third-order valence-electron chi connectivity index (χ3n) is 2.93. The Hall–Kier alpha value is -1.65. The third-order valence-corrected chi connectivity index (χ3v) is 2.93. The van der Waals surface area contributed by atoms with Gasteiger partial charge in [0.25, 0.3) is 0 Å². The zero-order valence-electron chi connectivity index (χ0n) is 12.6. The highest BCUT2D eigenvalue weighted by molar-refractivity contribution is 5.84. The van der Waals surface area contributed by atoms with E-state index in [1.165, 1.54) is 0 Å². The van der Waals surface area contributed by atoms with Crippen LogP contribution in [0.1, 0.15) is 39.3 Å². The Kier molecular flexibility index (Phi) is 5.27. The van der Waals surface area contributed by atoms with E-state index in [1.807, 2.05) is 19.9 Å². The second-order valence-corrected chi connectivity index (χ2v) is 5.56. The molecule has 5 nitrogen and oxygen atoms in total. The number of rotatable bonds is 5. The van der Waals surface area contributed by atoms with Crippen molar-refractivity contribution >= 4 is 11.9 Å². The molecule has 1 aromatic rings. The van der Waals surface area contributed by atoms with Gasteiger partial charge in [0, 0.05) is 26.0 Å². The lowest BCUT2D eigenvalue weighted by Gasteiger charge is -2.24. The molecule has 1 N–H and O–H groups in total. The zero-order chi connectivity index (χ0) is 14.6. The maximum Gasteiger partial charge on any atom is 0.244 e. The molecule has 1 atom stereocenters. The Morgan fingerprint density at radius 2 is 1.89 bits per heavy atom. The summed E-state index contributed by atoms with van der Waals surface area (Å²) in [6.45, 7) is 8.17. The first-order valence-electron chi connectivity index (χ1n) is 6.63. The molecular formula is C14H24N4O. The van der Waals surface area contributed by atoms with Gasteiger partial charge in [-0.15, -0.1) is 0 Å². The minimum Gasteiger partial charge on any atom is -0.347 e. The minimum absolute atomic E-state index is 0.0357. The number of hydrogen-bond donors (Lipinski definition) is 1. The van der Waals surface area contributed by atoms with E-state index in [2.05, 4.69) is 29.1 Å². The molecule has 1 unspecified atom stereocenters. The van der Waals surface area contributed by atoms with Gasteiger partial charge >= 0.3 is 0 Å². The summed E-state index contributed by atoms with van der Waals surface area (Å²) in [4.78, 5) is 22.3. The van der Waals surface area contributed by atoms with E-state index in [0.29, 0.717) is 11.9 Å². The van der Waals surface area contributed by atoms with Crippen molar-refractivity contribution in [2.45, 2.75) is 39.7 Å². The van der Waals surface area contributed by atoms with Gasteiger partial charge in [0.05, 0.1) is 0 Å². The summed E-state index contributed by atoms with van der Waals surface area (Å²) in [5.74, 6) is 1.06. The first-order valence-corrected chi connectivity index (χ1v) is 6.63. The van der Waals surface area contributed by atoms with Gasteiger partial charge in [-0.25, -0.2) is 9.97 Å². The average Bonchev–Trinajstić information content (AvgIpc) is 2.35. The van der Waals surface area contributed by atoms with Gasteiger partial charge in [-0.1, -0.05) is 27.7 Å². The Morgan fingerprint density at radius 1 is 1.26 bits per heavy atom. The first-order chi connectivity index (χ1) is 8.82. The van der Waals surface area contributed by atoms with Crippen LogP contribution in [0.5, 0.6) is 0 Å². The van der Waals surface area contributed by atoms with E-state index in [4.69, 9.17) is 0 Å². The molecule has 1 amide bonds. The van der Waals surface area contributed by atoms with Gasteiger partial charge in [0.15, 0.2) is 0 Å². The molecule has 1 rings (SSSR count). The lowest BCUT2D eigenvalue weighted by atomic mass is 10.0. The van der Waals surface area contributed by atoms with Crippen molar-refractivity contribution in [2.75, 3.05) is 19.4 Å². The fraction of sp³-hybridized carbons (Fsp3) is 0.643. The van der Waals surface area contributed by atoms with E-state index in [0.717, 1.165) is 5.69 Å². The predicted molar refractivity (Wildman–Crippen MR) is 77.1 cm³/mol. The number of anilines is 1. The van der Waals surface area contributed by atoms with E-state index in [9.17, 15) is 4.79 Å². The lowest BCUT2D eigenvalue weighted by Crippen LogP contribution is -2.42. The van der Waals surface area contributed by atoms with Crippen LogP contribution in [0.4, 0.5) is 5.95 Å². The minimum atomic E-state index is -0.308. The van der Waals surface area contributed by atoms with Gasteiger partial charge in [-0.05, 0) is 17.9 Å². The van der Waals surface area contributed by atoms with Crippen molar-refractivity contribution in [3.8, 4) is 0 Å². The lowest BCUT2D eigenvalue weighted by molar-refractivity contribution is -0.130. The van der Waals surface area contributed by atoms with Crippen LogP contribution in [0, 0.1) is 5.92 Å². The highest BCUT2D eigenvalue weighted by Crippen LogP contribution is 2.14. The molecule has 19 heavy (non-hydrogen) atoms. The van der Waals surface area contributed by atoms with Crippen molar-refractivity contribution in [2.24, 2.45) is 5.92 Å². The molecule has 5 heteroatoms. The Labute approximate surface area is 115 Å². The summed E-state index contributed by atoms with van der Waals surface area (Å²) in [5.41, 5.74) is 0.970. The van der Waals surface area contributed by atoms with Crippen LogP contribution in [0.25, 0.3) is 0 Å². The molecule has 0 aliphatic heterocycles. The molecule has 0 aliphatic rings. The molecule has 0 aliphatic carbocycles. The number of nitrogens with one attached hydrogen (secondary N) is 1. The van der Waals surface area contributed by atoms with Crippen molar-refractivity contribution in [3.63, 3.8) is 0 Å². The second-order valence-electron chi connectivity index (χ2n) is 5.56. The maximum absolute atomic E-state index is 12.1. The summed E-state index contributed by atoms with van der Waals surface area (Å²) in [7, 11) is 3.51. The highest BCUT2D eigenvalue weighted by atomic mass is 16.2. The first kappa shape index (κ1) is 15.4. The fourth-order valence-corrected chi connectivity index (χ4v) is 1.69. The molecule has 0 saturated heterocycles. The summed E-state index contributed by atoms with van der Waals surface area (Å²) < 4.78 is 0. The van der Waals surface area contributed by atoms with E-state index < -0.39 is 0 Å². The van der Waals surface area contributed by atoms with Crippen molar-refractivity contribution < 1.29 is 4.79 Å². The fourth-order valence-electron chi connectivity index (χ4n) is 1.69. The predicted octanol–water partition coefficient (Wildman–Crippen LogP) is 2.12. The number of hydrogen-bond acceptors (Lipinski definition) is 4. The van der Waals surface area contributed by atoms with Gasteiger partial charge in [0.2, 0.25) is 11.9 Å². The number of likely N-dealkylation sites (N-methyl/N-ethyl adjacent to an activating group) is 1. The van der Waals surface area contributed by atoms with Crippen LogP contribution >= 0.6 is 0 Å². The smallest absolute Gasteiger partial charge is 0.244 e. The van der Waals surface area contributed by atoms with Crippen LogP contribution in [0.3, 0.4) is 0 Å². The summed E-state index contributed by atoms with van der Waals surface area (Å²) in [5, 5.41) is 3.14. The molecule has 0 fully saturated rings. The van der Waals surface area contributed by atoms with Crippen molar-refractivity contribution in [1.29, 1.82) is 0 Å². The summed E-state index contributed by atoms with van der Waals surface area (Å²) in [6.07, 6.45) is 1.72. The standard InChI is InChI=1S/C14H24N4O/c1-9(2)11-7-8-15-14(16-11)17-12(10(3)4)13(19)18(5)6/h7-10,12H,1-6H3,(H,15,16,17). The Bertz CT molecular complexity index is 429. The van der Waals surface area contributed by atoms with Crippen molar-refractivity contribution in [3.05, 3.63) is 18.0 Å². The van der Waals surface area contributed by atoms with E-state index in [-0.39, 0.29) is 17.9 Å². The second kappa shape index (κ2) is 6.50. The summed E-state index contributed by atoms with van der Waals surface area (Å²) >= 11 is 0. The van der Waals surface area contributed by atoms with E-state index >= 15 is 0 Å². The van der Waals surface area contributed by atoms with Crippen LogP contribution < -0.4 is 5.32 Å². The molecule has 0 bridgehead atoms. The third kappa shape index (κ3) is 4.19. The molecule has 0 radical (unpaired) electrons. The zero-order valence-corrected chi connectivity index (χ0v) is 12.6. The molecule has 0 spiro atoms. The largest absolute Gasteiger partial charge is 0.347 e. The molecule has 0 aromatic carbocycles. The number of carbonyl (C=O) groups excluding carboxylic acids is 1. The van der Waals surface area contributed by atoms with Gasteiger partial charge in [-0.3, -0.25) is 4.79 Å². The maximum atomic E-state index is 12.1. The quantitative estimate of drug-likeness (QED) is 0.885. The molecule has 0 saturated carbocycles. The molecule has 106 valence electrons. The van der Waals surface area contributed by atoms with Gasteiger partial charge < -0.3 is 10.2 Å². The number of carbonyl (C=O) groups is 1. The van der Waals surface area contributed by atoms with Gasteiger partial charge in [-0.2, -0.15) is 0 Å². The van der Waals surface area contributed by atoms with E-state index in [1.54, 1.807) is 25.2 Å². The summed E-state index contributed by atoms with van der Waals surface area (Å²) in [6, 6.07) is 1.59. The van der Waals surface area contributed by atoms with Crippen LogP contribution in [0.2, 0.25) is 0 Å². The number of aromatic nitrogens is 2. The van der Waals surface area contributed by atoms with Crippen LogP contribution in [-0.2, 0) is 4.79 Å². The molecular weight excluding hydrogens is 240 g/mol.